The lowest BCUT2D eigenvalue weighted by molar-refractivity contribution is -0.276. The van der Waals surface area contributed by atoms with E-state index in [0.29, 0.717) is 10.9 Å². The van der Waals surface area contributed by atoms with Crippen LogP contribution in [0.2, 0.25) is 0 Å². The fraction of sp³-hybridized carbons (Fsp3) is 0.444. The third-order valence-electron chi connectivity index (χ3n) is 1.87. The molecule has 1 aromatic rings. The maximum atomic E-state index is 12.0. The molecule has 0 bridgehead atoms. The summed E-state index contributed by atoms with van der Waals surface area (Å²) in [5, 5.41) is 9.31. The van der Waals surface area contributed by atoms with Crippen LogP contribution in [0.4, 0.5) is 13.2 Å². The van der Waals surface area contributed by atoms with Gasteiger partial charge < -0.3 is 14.6 Å². The number of alkyl halides is 4. The third kappa shape index (κ3) is 3.74. The van der Waals surface area contributed by atoms with Gasteiger partial charge in [0, 0.05) is 17.0 Å². The van der Waals surface area contributed by atoms with Gasteiger partial charge in [-0.25, -0.2) is 4.98 Å². The molecule has 0 spiro atoms. The summed E-state index contributed by atoms with van der Waals surface area (Å²) in [6.07, 6.45) is -4.83. The van der Waals surface area contributed by atoms with E-state index in [9.17, 15) is 13.2 Å². The van der Waals surface area contributed by atoms with Crippen molar-refractivity contribution in [1.82, 2.24) is 4.98 Å². The van der Waals surface area contributed by atoms with Crippen molar-refractivity contribution in [3.8, 4) is 11.6 Å². The number of aromatic nitrogens is 1. The Morgan fingerprint density at radius 3 is 2.53 bits per heavy atom. The Labute approximate surface area is 103 Å². The monoisotopic (exact) mass is 315 g/mol. The Balaban J connectivity index is 3.18. The zero-order valence-electron chi connectivity index (χ0n) is 8.71. The van der Waals surface area contributed by atoms with Gasteiger partial charge in [0.1, 0.15) is 5.75 Å². The minimum atomic E-state index is -4.83. The summed E-state index contributed by atoms with van der Waals surface area (Å²) in [6, 6.07) is 1.02. The summed E-state index contributed by atoms with van der Waals surface area (Å²) in [4.78, 5) is 3.55. The van der Waals surface area contributed by atoms with E-state index in [4.69, 9.17) is 9.84 Å². The summed E-state index contributed by atoms with van der Waals surface area (Å²) >= 11 is 3.13. The molecule has 1 aromatic heterocycles. The first-order valence-electron chi connectivity index (χ1n) is 4.40. The molecule has 4 nitrogen and oxygen atoms in total. The van der Waals surface area contributed by atoms with Crippen LogP contribution in [-0.4, -0.2) is 23.6 Å². The predicted octanol–water partition coefficient (Wildman–Crippen LogP) is 2.38. The second-order valence-electron chi connectivity index (χ2n) is 2.93. The molecule has 17 heavy (non-hydrogen) atoms. The number of hydrogen-bond donors (Lipinski definition) is 1. The van der Waals surface area contributed by atoms with Crippen molar-refractivity contribution in [3.63, 3.8) is 0 Å². The van der Waals surface area contributed by atoms with Gasteiger partial charge in [0.05, 0.1) is 19.4 Å². The van der Waals surface area contributed by atoms with Crippen LogP contribution in [0.25, 0.3) is 0 Å². The van der Waals surface area contributed by atoms with E-state index in [1.807, 2.05) is 0 Å². The molecule has 1 rings (SSSR count). The highest BCUT2D eigenvalue weighted by Crippen LogP contribution is 2.30. The molecule has 0 aliphatic heterocycles. The molecular formula is C9H9BrF3NO3. The van der Waals surface area contributed by atoms with E-state index < -0.39 is 18.8 Å². The quantitative estimate of drug-likeness (QED) is 0.867. The van der Waals surface area contributed by atoms with Crippen LogP contribution in [-0.2, 0) is 11.9 Å². The lowest BCUT2D eigenvalue weighted by Gasteiger charge is -2.13. The first kappa shape index (κ1) is 14.0. The molecule has 1 heterocycles. The fourth-order valence-corrected chi connectivity index (χ4v) is 1.80. The van der Waals surface area contributed by atoms with Gasteiger partial charge in [-0.2, -0.15) is 0 Å². The van der Waals surface area contributed by atoms with Crippen molar-refractivity contribution in [2.24, 2.45) is 0 Å². The zero-order valence-corrected chi connectivity index (χ0v) is 10.3. The molecule has 0 radical (unpaired) electrons. The Morgan fingerprint density at radius 1 is 1.47 bits per heavy atom. The normalized spacial score (nSPS) is 11.4. The largest absolute Gasteiger partial charge is 0.574 e. The number of pyridine rings is 1. The summed E-state index contributed by atoms with van der Waals surface area (Å²) in [5.74, 6) is -0.497. The summed E-state index contributed by atoms with van der Waals surface area (Å²) < 4.78 is 44.6. The molecule has 0 aliphatic carbocycles. The molecule has 0 atom stereocenters. The lowest BCUT2D eigenvalue weighted by atomic mass is 10.2. The van der Waals surface area contributed by atoms with Crippen molar-refractivity contribution in [2.45, 2.75) is 18.3 Å². The molecular weight excluding hydrogens is 307 g/mol. The van der Waals surface area contributed by atoms with Crippen molar-refractivity contribution < 1.29 is 27.8 Å². The van der Waals surface area contributed by atoms with Gasteiger partial charge in [-0.1, -0.05) is 15.9 Å². The molecule has 1 N–H and O–H groups in total. The zero-order chi connectivity index (χ0) is 13.1. The summed E-state index contributed by atoms with van der Waals surface area (Å²) in [6.45, 7) is -0.508. The number of rotatable bonds is 4. The first-order chi connectivity index (χ1) is 7.91. The van der Waals surface area contributed by atoms with Crippen molar-refractivity contribution >= 4 is 15.9 Å². The number of aliphatic hydroxyl groups excluding tert-OH is 1. The Hall–Kier alpha value is -1.02. The number of nitrogens with zero attached hydrogens (tertiary/aromatic N) is 1. The molecule has 0 saturated heterocycles. The molecule has 0 aromatic carbocycles. The van der Waals surface area contributed by atoms with Crippen molar-refractivity contribution in [3.05, 3.63) is 17.3 Å². The number of ether oxygens (including phenoxy) is 2. The van der Waals surface area contributed by atoms with Gasteiger partial charge in [-0.15, -0.1) is 13.2 Å². The molecule has 0 unspecified atom stereocenters. The van der Waals surface area contributed by atoms with Crippen LogP contribution >= 0.6 is 15.9 Å². The number of halogens is 4. The molecule has 0 saturated carbocycles. The second kappa shape index (κ2) is 5.54. The van der Waals surface area contributed by atoms with E-state index in [1.165, 1.54) is 7.11 Å². The van der Waals surface area contributed by atoms with Gasteiger partial charge >= 0.3 is 6.36 Å². The van der Waals surface area contributed by atoms with E-state index in [-0.39, 0.29) is 11.4 Å². The highest BCUT2D eigenvalue weighted by Gasteiger charge is 2.32. The lowest BCUT2D eigenvalue weighted by Crippen LogP contribution is -2.18. The molecule has 0 fully saturated rings. The summed E-state index contributed by atoms with van der Waals surface area (Å²) in [5.41, 5.74) is 0.546. The van der Waals surface area contributed by atoms with E-state index in [2.05, 4.69) is 25.7 Å². The smallest absolute Gasteiger partial charge is 0.496 e. The van der Waals surface area contributed by atoms with Gasteiger partial charge in [0.15, 0.2) is 0 Å². The Kier molecular flexibility index (Phi) is 4.58. The van der Waals surface area contributed by atoms with Crippen LogP contribution in [0.15, 0.2) is 6.07 Å². The predicted molar refractivity (Wildman–Crippen MR) is 56.0 cm³/mol. The van der Waals surface area contributed by atoms with E-state index >= 15 is 0 Å². The Morgan fingerprint density at radius 2 is 2.12 bits per heavy atom. The second-order valence-corrected chi connectivity index (χ2v) is 3.49. The van der Waals surface area contributed by atoms with E-state index in [1.54, 1.807) is 0 Å². The average Bonchev–Trinajstić information content (AvgIpc) is 2.25. The molecule has 8 heteroatoms. The molecule has 96 valence electrons. The maximum absolute atomic E-state index is 12.0. The van der Waals surface area contributed by atoms with Gasteiger partial charge in [0.25, 0.3) is 0 Å². The van der Waals surface area contributed by atoms with Crippen LogP contribution in [0.5, 0.6) is 11.6 Å². The van der Waals surface area contributed by atoms with Crippen LogP contribution < -0.4 is 9.47 Å². The van der Waals surface area contributed by atoms with Gasteiger partial charge in [0.2, 0.25) is 5.88 Å². The van der Waals surface area contributed by atoms with Gasteiger partial charge in [-0.05, 0) is 0 Å². The fourth-order valence-electron chi connectivity index (χ4n) is 1.20. The number of aliphatic hydroxyl groups is 1. The van der Waals surface area contributed by atoms with Crippen LogP contribution in [0, 0.1) is 0 Å². The SMILES string of the molecule is COc1cc(OC(F)(F)F)nc(CO)c1CBr. The van der Waals surface area contributed by atoms with Crippen LogP contribution in [0.3, 0.4) is 0 Å². The topological polar surface area (TPSA) is 51.6 Å². The van der Waals surface area contributed by atoms with Crippen molar-refractivity contribution in [2.75, 3.05) is 7.11 Å². The maximum Gasteiger partial charge on any atom is 0.574 e. The van der Waals surface area contributed by atoms with E-state index in [0.717, 1.165) is 6.07 Å². The minimum Gasteiger partial charge on any atom is -0.496 e. The number of methoxy groups -OCH3 is 1. The average molecular weight is 316 g/mol. The molecule has 0 amide bonds. The first-order valence-corrected chi connectivity index (χ1v) is 5.52. The van der Waals surface area contributed by atoms with Crippen molar-refractivity contribution in [1.29, 1.82) is 0 Å². The third-order valence-corrected chi connectivity index (χ3v) is 2.43. The minimum absolute atomic E-state index is 0.0699. The standard InChI is InChI=1S/C9H9BrF3NO3/c1-16-7-2-8(17-9(11,12)13)14-6(4-15)5(7)3-10/h2,15H,3-4H2,1H3. The van der Waals surface area contributed by atoms with Gasteiger partial charge in [-0.3, -0.25) is 0 Å². The molecule has 0 aliphatic rings. The van der Waals surface area contributed by atoms with Crippen LogP contribution in [0.1, 0.15) is 11.3 Å². The summed E-state index contributed by atoms with van der Waals surface area (Å²) in [7, 11) is 1.31. The number of hydrogen-bond acceptors (Lipinski definition) is 4. The highest BCUT2D eigenvalue weighted by molar-refractivity contribution is 9.08. The Bertz CT molecular complexity index is 373. The highest BCUT2D eigenvalue weighted by atomic mass is 79.9.